The predicted octanol–water partition coefficient (Wildman–Crippen LogP) is 5.13. The summed E-state index contributed by atoms with van der Waals surface area (Å²) in [6.45, 7) is 7.21. The number of hydrogen-bond donors (Lipinski definition) is 1. The summed E-state index contributed by atoms with van der Waals surface area (Å²) in [5.74, 6) is 0. The highest BCUT2D eigenvalue weighted by Crippen LogP contribution is 2.32. The third-order valence-corrected chi connectivity index (χ3v) is 5.45. The Balaban J connectivity index is 1.79. The van der Waals surface area contributed by atoms with Gasteiger partial charge in [0.15, 0.2) is 0 Å². The molecule has 3 rings (SSSR count). The van der Waals surface area contributed by atoms with Gasteiger partial charge in [0.2, 0.25) is 0 Å². The first-order valence-corrected chi connectivity index (χ1v) is 8.58. The fourth-order valence-corrected chi connectivity index (χ4v) is 4.01. The van der Waals surface area contributed by atoms with E-state index in [1.807, 2.05) is 17.0 Å². The number of carbonyl (C=O) groups is 1. The average Bonchev–Trinajstić information content (AvgIpc) is 3.04. The van der Waals surface area contributed by atoms with Gasteiger partial charge < -0.3 is 10.2 Å². The number of amides is 2. The van der Waals surface area contributed by atoms with Crippen LogP contribution in [0, 0.1) is 6.92 Å². The maximum Gasteiger partial charge on any atom is 0.322 e. The number of urea groups is 1. The molecule has 1 aromatic carbocycles. The zero-order valence-electron chi connectivity index (χ0n) is 13.3. The Morgan fingerprint density at radius 3 is 2.77 bits per heavy atom. The minimum atomic E-state index is -0.0496. The van der Waals surface area contributed by atoms with E-state index in [0.717, 1.165) is 30.6 Å². The van der Waals surface area contributed by atoms with Crippen LogP contribution in [0.4, 0.5) is 10.5 Å². The summed E-state index contributed by atoms with van der Waals surface area (Å²) in [5.41, 5.74) is 3.24. The second kappa shape index (κ2) is 5.76. The molecule has 22 heavy (non-hydrogen) atoms. The van der Waals surface area contributed by atoms with Crippen LogP contribution in [0.15, 0.2) is 35.7 Å². The van der Waals surface area contributed by atoms with Gasteiger partial charge in [-0.25, -0.2) is 4.79 Å². The average molecular weight is 314 g/mol. The van der Waals surface area contributed by atoms with Crippen molar-refractivity contribution < 1.29 is 4.79 Å². The van der Waals surface area contributed by atoms with Gasteiger partial charge in [-0.1, -0.05) is 12.1 Å². The van der Waals surface area contributed by atoms with Crippen LogP contribution in [0.25, 0.3) is 10.4 Å². The third kappa shape index (κ3) is 2.88. The molecule has 0 aliphatic carbocycles. The topological polar surface area (TPSA) is 32.3 Å². The standard InChI is InChI=1S/C18H22N2OS/c1-13-8-11-22-16(13)14-6-4-7-15(12-14)19-17(21)20-10-5-9-18(20,2)3/h4,6-8,11-12H,5,9-10H2,1-3H3,(H,19,21). The molecule has 1 aliphatic heterocycles. The molecule has 0 radical (unpaired) electrons. The molecule has 0 unspecified atom stereocenters. The van der Waals surface area contributed by atoms with E-state index in [2.05, 4.69) is 49.7 Å². The molecular formula is C18H22N2OS. The van der Waals surface area contributed by atoms with Crippen molar-refractivity contribution in [1.82, 2.24) is 4.90 Å². The lowest BCUT2D eigenvalue weighted by Gasteiger charge is -2.31. The van der Waals surface area contributed by atoms with E-state index in [9.17, 15) is 4.79 Å². The molecule has 1 N–H and O–H groups in total. The lowest BCUT2D eigenvalue weighted by atomic mass is 10.0. The normalized spacial score (nSPS) is 16.8. The molecule has 0 spiro atoms. The van der Waals surface area contributed by atoms with Crippen LogP contribution in [0.2, 0.25) is 0 Å². The second-order valence-electron chi connectivity index (χ2n) is 6.51. The van der Waals surface area contributed by atoms with E-state index < -0.39 is 0 Å². The van der Waals surface area contributed by atoms with Crippen LogP contribution >= 0.6 is 11.3 Å². The fraction of sp³-hybridized carbons (Fsp3) is 0.389. The maximum absolute atomic E-state index is 12.5. The number of rotatable bonds is 2. The summed E-state index contributed by atoms with van der Waals surface area (Å²) >= 11 is 1.73. The molecule has 0 saturated carbocycles. The number of benzene rings is 1. The molecule has 2 amide bonds. The van der Waals surface area contributed by atoms with Crippen molar-refractivity contribution >= 4 is 23.1 Å². The van der Waals surface area contributed by atoms with E-state index in [-0.39, 0.29) is 11.6 Å². The summed E-state index contributed by atoms with van der Waals surface area (Å²) in [6, 6.07) is 10.2. The van der Waals surface area contributed by atoms with Gasteiger partial charge in [-0.05, 0) is 68.3 Å². The lowest BCUT2D eigenvalue weighted by Crippen LogP contribution is -2.44. The summed E-state index contributed by atoms with van der Waals surface area (Å²) in [4.78, 5) is 15.7. The molecule has 1 aliphatic rings. The van der Waals surface area contributed by atoms with E-state index in [1.165, 1.54) is 10.4 Å². The Morgan fingerprint density at radius 1 is 1.32 bits per heavy atom. The lowest BCUT2D eigenvalue weighted by molar-refractivity contribution is 0.178. The summed E-state index contributed by atoms with van der Waals surface area (Å²) in [5, 5.41) is 5.15. The van der Waals surface area contributed by atoms with Gasteiger partial charge in [0.1, 0.15) is 0 Å². The van der Waals surface area contributed by atoms with E-state index >= 15 is 0 Å². The molecular weight excluding hydrogens is 292 g/mol. The fourth-order valence-electron chi connectivity index (χ4n) is 3.08. The van der Waals surface area contributed by atoms with Crippen molar-refractivity contribution in [3.8, 4) is 10.4 Å². The Morgan fingerprint density at radius 2 is 2.14 bits per heavy atom. The van der Waals surface area contributed by atoms with Gasteiger partial charge in [0, 0.05) is 22.6 Å². The first kappa shape index (κ1) is 15.1. The van der Waals surface area contributed by atoms with E-state index in [0.29, 0.717) is 0 Å². The van der Waals surface area contributed by atoms with Gasteiger partial charge in [0.25, 0.3) is 0 Å². The number of hydrogen-bond acceptors (Lipinski definition) is 2. The van der Waals surface area contributed by atoms with Crippen molar-refractivity contribution in [3.05, 3.63) is 41.3 Å². The summed E-state index contributed by atoms with van der Waals surface area (Å²) in [7, 11) is 0. The largest absolute Gasteiger partial charge is 0.322 e. The second-order valence-corrected chi connectivity index (χ2v) is 7.43. The van der Waals surface area contributed by atoms with Gasteiger partial charge in [0.05, 0.1) is 0 Å². The number of anilines is 1. The molecule has 4 heteroatoms. The molecule has 3 nitrogen and oxygen atoms in total. The Kier molecular flexibility index (Phi) is 3.96. The number of thiophene rings is 1. The molecule has 0 atom stereocenters. The van der Waals surface area contributed by atoms with Crippen LogP contribution in [0.3, 0.4) is 0 Å². The van der Waals surface area contributed by atoms with Gasteiger partial charge >= 0.3 is 6.03 Å². The molecule has 116 valence electrons. The van der Waals surface area contributed by atoms with E-state index in [1.54, 1.807) is 11.3 Å². The molecule has 0 bridgehead atoms. The minimum Gasteiger partial charge on any atom is -0.319 e. The number of nitrogens with zero attached hydrogens (tertiary/aromatic N) is 1. The molecule has 1 aromatic heterocycles. The number of nitrogens with one attached hydrogen (secondary N) is 1. The minimum absolute atomic E-state index is 0.00236. The first-order valence-electron chi connectivity index (χ1n) is 7.70. The zero-order chi connectivity index (χ0) is 15.7. The third-order valence-electron chi connectivity index (χ3n) is 4.38. The zero-order valence-corrected chi connectivity index (χ0v) is 14.2. The Hall–Kier alpha value is -1.81. The molecule has 1 saturated heterocycles. The highest BCUT2D eigenvalue weighted by atomic mass is 32.1. The van der Waals surface area contributed by atoms with Gasteiger partial charge in [-0.3, -0.25) is 0 Å². The summed E-state index contributed by atoms with van der Waals surface area (Å²) in [6.07, 6.45) is 2.14. The number of likely N-dealkylation sites (tertiary alicyclic amines) is 1. The van der Waals surface area contributed by atoms with Crippen LogP contribution < -0.4 is 5.32 Å². The van der Waals surface area contributed by atoms with Crippen LogP contribution in [0.5, 0.6) is 0 Å². The maximum atomic E-state index is 12.5. The van der Waals surface area contributed by atoms with Crippen molar-refractivity contribution in [2.45, 2.75) is 39.2 Å². The highest BCUT2D eigenvalue weighted by Gasteiger charge is 2.35. The number of carbonyl (C=O) groups excluding carboxylic acids is 1. The SMILES string of the molecule is Cc1ccsc1-c1cccc(NC(=O)N2CCCC2(C)C)c1. The van der Waals surface area contributed by atoms with Crippen molar-refractivity contribution in [2.24, 2.45) is 0 Å². The van der Waals surface area contributed by atoms with Crippen molar-refractivity contribution in [1.29, 1.82) is 0 Å². The molecule has 1 fully saturated rings. The van der Waals surface area contributed by atoms with Crippen molar-refractivity contribution in [2.75, 3.05) is 11.9 Å². The quantitative estimate of drug-likeness (QED) is 0.819. The Bertz CT molecular complexity index is 690. The predicted molar refractivity (Wildman–Crippen MR) is 93.5 cm³/mol. The van der Waals surface area contributed by atoms with Crippen LogP contribution in [-0.4, -0.2) is 23.0 Å². The van der Waals surface area contributed by atoms with E-state index in [4.69, 9.17) is 0 Å². The van der Waals surface area contributed by atoms with Gasteiger partial charge in [-0.15, -0.1) is 11.3 Å². The van der Waals surface area contributed by atoms with Gasteiger partial charge in [-0.2, -0.15) is 0 Å². The molecule has 2 heterocycles. The Labute approximate surface area is 136 Å². The smallest absolute Gasteiger partial charge is 0.319 e. The van der Waals surface area contributed by atoms with Crippen molar-refractivity contribution in [3.63, 3.8) is 0 Å². The monoisotopic (exact) mass is 314 g/mol. The summed E-state index contributed by atoms with van der Waals surface area (Å²) < 4.78 is 0. The van der Waals surface area contributed by atoms with Crippen LogP contribution in [-0.2, 0) is 0 Å². The number of aryl methyl sites for hydroxylation is 1. The highest BCUT2D eigenvalue weighted by molar-refractivity contribution is 7.13. The first-order chi connectivity index (χ1) is 10.5. The molecule has 2 aromatic rings. The van der Waals surface area contributed by atoms with Crippen LogP contribution in [0.1, 0.15) is 32.3 Å².